The maximum atomic E-state index is 12.1. The van der Waals surface area contributed by atoms with Gasteiger partial charge in [0, 0.05) is 34.7 Å². The van der Waals surface area contributed by atoms with Gasteiger partial charge in [-0.1, -0.05) is 17.7 Å². The van der Waals surface area contributed by atoms with Gasteiger partial charge in [-0.3, -0.25) is 19.2 Å². The molecule has 2 rings (SSSR count). The smallest absolute Gasteiger partial charge is 0.326 e. The van der Waals surface area contributed by atoms with Gasteiger partial charge in [-0.15, -0.1) is 0 Å². The van der Waals surface area contributed by atoms with Crippen LogP contribution in [0.4, 0.5) is 17.1 Å². The lowest BCUT2D eigenvalue weighted by molar-refractivity contribution is -0.136. The molecule has 0 heterocycles. The van der Waals surface area contributed by atoms with Crippen LogP contribution in [0.2, 0.25) is 5.02 Å². The van der Waals surface area contributed by atoms with E-state index in [1.807, 2.05) is 0 Å². The Hall–Kier alpha value is -3.72. The summed E-state index contributed by atoms with van der Waals surface area (Å²) in [4.78, 5) is 47.1. The maximum Gasteiger partial charge on any atom is 0.329 e. The molecule has 4 amide bonds. The topological polar surface area (TPSA) is 129 Å². The summed E-state index contributed by atoms with van der Waals surface area (Å²) in [5.41, 5.74) is 4.60. The van der Waals surface area contributed by atoms with E-state index in [1.165, 1.54) is 6.92 Å². The number of nitrogens with one attached hydrogen (secondary N) is 4. The highest BCUT2D eigenvalue weighted by Gasteiger charge is 2.15. The van der Waals surface area contributed by atoms with Crippen molar-refractivity contribution < 1.29 is 19.2 Å². The fourth-order valence-electron chi connectivity index (χ4n) is 2.44. The second kappa shape index (κ2) is 10.9. The Kier molecular flexibility index (Phi) is 8.27. The van der Waals surface area contributed by atoms with Crippen molar-refractivity contribution in [1.29, 1.82) is 0 Å². The van der Waals surface area contributed by atoms with Crippen molar-refractivity contribution in [1.82, 2.24) is 5.43 Å². The number of rotatable bonds is 6. The van der Waals surface area contributed by atoms with Gasteiger partial charge < -0.3 is 16.0 Å². The first-order valence-corrected chi connectivity index (χ1v) is 9.60. The Labute approximate surface area is 184 Å². The predicted molar refractivity (Wildman–Crippen MR) is 120 cm³/mol. The van der Waals surface area contributed by atoms with E-state index in [0.29, 0.717) is 33.4 Å². The van der Waals surface area contributed by atoms with E-state index in [1.54, 1.807) is 56.3 Å². The third-order valence-corrected chi connectivity index (χ3v) is 4.39. The number of halogens is 1. The van der Waals surface area contributed by atoms with Crippen molar-refractivity contribution in [2.75, 3.05) is 16.0 Å². The molecule has 0 radical (unpaired) electrons. The molecular formula is C21H22ClN5O4. The number of hydrogen-bond acceptors (Lipinski definition) is 5. The Balaban J connectivity index is 1.85. The largest absolute Gasteiger partial charge is 0.329 e. The average molecular weight is 444 g/mol. The van der Waals surface area contributed by atoms with Crippen LogP contribution in [0.25, 0.3) is 0 Å². The third-order valence-electron chi connectivity index (χ3n) is 3.98. The standard InChI is InChI=1S/C21H22ClN5O4/c1-12(11-19(29)24-16-9-7-15(8-10-16)23-14(3)28)26-27-21(31)20(30)25-18-6-4-5-17(22)13(18)2/h4-10H,11H2,1-3H3,(H,23,28)(H,24,29)(H,25,30)(H,27,31)/b26-12+. The molecule has 0 aliphatic rings. The highest BCUT2D eigenvalue weighted by Crippen LogP contribution is 2.22. The number of hydrogen-bond donors (Lipinski definition) is 4. The lowest BCUT2D eigenvalue weighted by atomic mass is 10.2. The monoisotopic (exact) mass is 443 g/mol. The molecule has 0 aliphatic heterocycles. The highest BCUT2D eigenvalue weighted by molar-refractivity contribution is 6.40. The zero-order chi connectivity index (χ0) is 23.0. The molecule has 0 atom stereocenters. The molecule has 0 unspecified atom stereocenters. The molecule has 0 spiro atoms. The molecule has 0 saturated carbocycles. The van der Waals surface area contributed by atoms with Crippen molar-refractivity contribution in [3.05, 3.63) is 53.1 Å². The fourth-order valence-corrected chi connectivity index (χ4v) is 2.61. The number of benzene rings is 2. The van der Waals surface area contributed by atoms with E-state index in [9.17, 15) is 19.2 Å². The molecule has 162 valence electrons. The quantitative estimate of drug-likeness (QED) is 0.310. The van der Waals surface area contributed by atoms with Gasteiger partial charge in [0.25, 0.3) is 0 Å². The molecule has 0 aromatic heterocycles. The number of carbonyl (C=O) groups is 4. The molecule has 0 bridgehead atoms. The van der Waals surface area contributed by atoms with Crippen LogP contribution in [0.5, 0.6) is 0 Å². The van der Waals surface area contributed by atoms with Gasteiger partial charge in [-0.2, -0.15) is 5.10 Å². The van der Waals surface area contributed by atoms with E-state index < -0.39 is 11.8 Å². The van der Waals surface area contributed by atoms with E-state index in [4.69, 9.17) is 11.6 Å². The van der Waals surface area contributed by atoms with Crippen molar-refractivity contribution in [3.63, 3.8) is 0 Å². The van der Waals surface area contributed by atoms with Gasteiger partial charge in [-0.25, -0.2) is 5.43 Å². The van der Waals surface area contributed by atoms with E-state index >= 15 is 0 Å². The molecule has 0 aliphatic carbocycles. The summed E-state index contributed by atoms with van der Waals surface area (Å²) in [6.45, 7) is 4.65. The molecule has 2 aromatic rings. The van der Waals surface area contributed by atoms with Crippen molar-refractivity contribution in [3.8, 4) is 0 Å². The molecule has 2 aromatic carbocycles. The molecule has 0 fully saturated rings. The summed E-state index contributed by atoms with van der Waals surface area (Å²) < 4.78 is 0. The minimum atomic E-state index is -0.979. The first-order valence-electron chi connectivity index (χ1n) is 9.23. The highest BCUT2D eigenvalue weighted by atomic mass is 35.5. The van der Waals surface area contributed by atoms with Crippen LogP contribution in [0.3, 0.4) is 0 Å². The van der Waals surface area contributed by atoms with Crippen LogP contribution >= 0.6 is 11.6 Å². The average Bonchev–Trinajstić information content (AvgIpc) is 2.70. The van der Waals surface area contributed by atoms with Crippen LogP contribution in [-0.4, -0.2) is 29.3 Å². The van der Waals surface area contributed by atoms with Gasteiger partial charge in [0.1, 0.15) is 0 Å². The summed E-state index contributed by atoms with van der Waals surface area (Å²) in [6.07, 6.45) is -0.0945. The SMILES string of the molecule is CC(=O)Nc1ccc(NC(=O)C/C(C)=N/NC(=O)C(=O)Nc2cccc(Cl)c2C)cc1. The number of hydrazone groups is 1. The number of anilines is 3. The molecule has 10 heteroatoms. The fraction of sp³-hybridized carbons (Fsp3) is 0.190. The zero-order valence-electron chi connectivity index (χ0n) is 17.2. The van der Waals surface area contributed by atoms with E-state index in [2.05, 4.69) is 26.5 Å². The predicted octanol–water partition coefficient (Wildman–Crippen LogP) is 3.07. The molecule has 4 N–H and O–H groups in total. The van der Waals surface area contributed by atoms with Gasteiger partial charge in [-0.05, 0) is 55.8 Å². The number of amides is 4. The summed E-state index contributed by atoms with van der Waals surface area (Å²) >= 11 is 5.99. The summed E-state index contributed by atoms with van der Waals surface area (Å²) in [6, 6.07) is 11.5. The minimum Gasteiger partial charge on any atom is -0.326 e. The molecular weight excluding hydrogens is 422 g/mol. The molecule has 9 nitrogen and oxygen atoms in total. The third kappa shape index (κ3) is 7.56. The van der Waals surface area contributed by atoms with Gasteiger partial charge in [0.15, 0.2) is 0 Å². The minimum absolute atomic E-state index is 0.0945. The van der Waals surface area contributed by atoms with Crippen LogP contribution < -0.4 is 21.4 Å². The summed E-state index contributed by atoms with van der Waals surface area (Å²) in [5.74, 6) is -2.44. The van der Waals surface area contributed by atoms with Crippen LogP contribution in [0, 0.1) is 6.92 Å². The maximum absolute atomic E-state index is 12.1. The second-order valence-corrected chi connectivity index (χ2v) is 7.05. The lowest BCUT2D eigenvalue weighted by Gasteiger charge is -2.09. The summed E-state index contributed by atoms with van der Waals surface area (Å²) in [5, 5.41) is 12.0. The van der Waals surface area contributed by atoms with Crippen molar-refractivity contribution in [2.45, 2.75) is 27.2 Å². The number of carbonyl (C=O) groups excluding carboxylic acids is 4. The van der Waals surface area contributed by atoms with Crippen molar-refractivity contribution >= 4 is 58.0 Å². The van der Waals surface area contributed by atoms with Gasteiger partial charge in [0.05, 0.1) is 6.42 Å². The Morgan fingerprint density at radius 1 is 0.871 bits per heavy atom. The Bertz CT molecular complexity index is 1030. The first kappa shape index (κ1) is 23.6. The number of nitrogens with zero attached hydrogens (tertiary/aromatic N) is 1. The lowest BCUT2D eigenvalue weighted by Crippen LogP contribution is -2.33. The Morgan fingerprint density at radius 2 is 1.48 bits per heavy atom. The van der Waals surface area contributed by atoms with E-state index in [-0.39, 0.29) is 18.2 Å². The molecule has 0 saturated heterocycles. The summed E-state index contributed by atoms with van der Waals surface area (Å²) in [7, 11) is 0. The normalized spacial score (nSPS) is 10.8. The van der Waals surface area contributed by atoms with Gasteiger partial charge in [0.2, 0.25) is 11.8 Å². The van der Waals surface area contributed by atoms with Crippen LogP contribution in [0.15, 0.2) is 47.6 Å². The van der Waals surface area contributed by atoms with Crippen LogP contribution in [-0.2, 0) is 19.2 Å². The second-order valence-electron chi connectivity index (χ2n) is 6.64. The first-order chi connectivity index (χ1) is 14.7. The Morgan fingerprint density at radius 3 is 2.10 bits per heavy atom. The van der Waals surface area contributed by atoms with E-state index in [0.717, 1.165) is 0 Å². The van der Waals surface area contributed by atoms with Crippen molar-refractivity contribution in [2.24, 2.45) is 5.10 Å². The van der Waals surface area contributed by atoms with Crippen LogP contribution in [0.1, 0.15) is 25.8 Å². The van der Waals surface area contributed by atoms with Gasteiger partial charge >= 0.3 is 11.8 Å². The zero-order valence-corrected chi connectivity index (χ0v) is 18.0. The molecule has 31 heavy (non-hydrogen) atoms.